The van der Waals surface area contributed by atoms with E-state index in [0.717, 1.165) is 0 Å². The van der Waals surface area contributed by atoms with Crippen LogP contribution in [0.3, 0.4) is 0 Å². The van der Waals surface area contributed by atoms with Crippen molar-refractivity contribution in [2.24, 2.45) is 0 Å². The smallest absolute Gasteiger partial charge is 0.0504 e. The Morgan fingerprint density at radius 2 is 1.80 bits per heavy atom. The minimum Gasteiger partial charge on any atom is -0.371 e. The highest BCUT2D eigenvalue weighted by atomic mass is 32.2. The molecule has 1 nitrogen and oxygen atoms in total. The summed E-state index contributed by atoms with van der Waals surface area (Å²) in [6.45, 7) is 6.97. The number of hydrogen-bond acceptors (Lipinski definition) is 2. The first kappa shape index (κ1) is 10.9. The van der Waals surface area contributed by atoms with Crippen molar-refractivity contribution in [1.29, 1.82) is 0 Å². The van der Waals surface area contributed by atoms with Crippen molar-refractivity contribution in [2.45, 2.75) is 36.8 Å². The first-order valence-electron chi connectivity index (χ1n) is 5.78. The van der Waals surface area contributed by atoms with Gasteiger partial charge in [0.1, 0.15) is 0 Å². The van der Waals surface area contributed by atoms with Crippen LogP contribution in [0.1, 0.15) is 26.7 Å². The summed E-state index contributed by atoms with van der Waals surface area (Å²) in [7, 11) is 0. The fraction of sp³-hybridized carbons (Fsp3) is 0.538. The van der Waals surface area contributed by atoms with Crippen LogP contribution in [0.2, 0.25) is 0 Å². The minimum absolute atomic E-state index is 0.661. The van der Waals surface area contributed by atoms with Gasteiger partial charge in [-0.2, -0.15) is 0 Å². The van der Waals surface area contributed by atoms with Gasteiger partial charge in [0.2, 0.25) is 0 Å². The second kappa shape index (κ2) is 4.93. The quantitative estimate of drug-likeness (QED) is 0.714. The molecule has 82 valence electrons. The van der Waals surface area contributed by atoms with Crippen molar-refractivity contribution < 1.29 is 0 Å². The molecule has 0 radical (unpaired) electrons. The Kier molecular flexibility index (Phi) is 3.57. The number of thioether (sulfide) groups is 1. The third-order valence-corrected chi connectivity index (χ3v) is 3.75. The highest BCUT2D eigenvalue weighted by molar-refractivity contribution is 8.00. The van der Waals surface area contributed by atoms with Crippen molar-refractivity contribution in [1.82, 2.24) is 0 Å². The molecule has 1 saturated heterocycles. The standard InChI is InChI=1S/C13H19NS/c1-11(2)15-13-8-4-3-7-12(13)14-9-5-6-10-14/h3-4,7-8,11H,5-6,9-10H2,1-2H3. The van der Waals surface area contributed by atoms with E-state index in [1.165, 1.54) is 36.5 Å². The zero-order chi connectivity index (χ0) is 10.7. The SMILES string of the molecule is CC(C)Sc1ccccc1N1CCCC1. The van der Waals surface area contributed by atoms with Crippen molar-refractivity contribution in [3.05, 3.63) is 24.3 Å². The second-order valence-electron chi connectivity index (χ2n) is 4.33. The zero-order valence-electron chi connectivity index (χ0n) is 9.57. The number of nitrogens with zero attached hydrogens (tertiary/aromatic N) is 1. The van der Waals surface area contributed by atoms with E-state index in [9.17, 15) is 0 Å². The van der Waals surface area contributed by atoms with Gasteiger partial charge in [0, 0.05) is 23.2 Å². The van der Waals surface area contributed by atoms with Crippen LogP contribution in [-0.4, -0.2) is 18.3 Å². The fourth-order valence-electron chi connectivity index (χ4n) is 2.03. The van der Waals surface area contributed by atoms with Crippen LogP contribution in [0, 0.1) is 0 Å². The van der Waals surface area contributed by atoms with Crippen LogP contribution in [0.5, 0.6) is 0 Å². The molecular weight excluding hydrogens is 202 g/mol. The minimum atomic E-state index is 0.661. The number of anilines is 1. The molecule has 1 aliphatic rings. The molecule has 0 amide bonds. The van der Waals surface area contributed by atoms with E-state index in [1.54, 1.807) is 0 Å². The summed E-state index contributed by atoms with van der Waals surface area (Å²) in [6, 6.07) is 8.80. The van der Waals surface area contributed by atoms with Gasteiger partial charge in [0.05, 0.1) is 5.69 Å². The maximum atomic E-state index is 2.52. The van der Waals surface area contributed by atoms with E-state index in [4.69, 9.17) is 0 Å². The summed E-state index contributed by atoms with van der Waals surface area (Å²) in [5, 5.41) is 0.661. The summed E-state index contributed by atoms with van der Waals surface area (Å²) in [5.41, 5.74) is 1.44. The number of para-hydroxylation sites is 1. The van der Waals surface area contributed by atoms with Crippen molar-refractivity contribution >= 4 is 17.4 Å². The molecule has 2 rings (SSSR count). The molecule has 1 fully saturated rings. The van der Waals surface area contributed by atoms with Crippen LogP contribution >= 0.6 is 11.8 Å². The van der Waals surface area contributed by atoms with Crippen molar-refractivity contribution in [3.8, 4) is 0 Å². The molecule has 1 aromatic rings. The van der Waals surface area contributed by atoms with Gasteiger partial charge >= 0.3 is 0 Å². The second-order valence-corrected chi connectivity index (χ2v) is 5.95. The third kappa shape index (κ3) is 2.69. The van der Waals surface area contributed by atoms with Gasteiger partial charge in [-0.1, -0.05) is 26.0 Å². The maximum absolute atomic E-state index is 2.52. The average molecular weight is 221 g/mol. The number of hydrogen-bond donors (Lipinski definition) is 0. The Bertz CT molecular complexity index is 316. The summed E-state index contributed by atoms with van der Waals surface area (Å²) < 4.78 is 0. The molecule has 0 atom stereocenters. The maximum Gasteiger partial charge on any atom is 0.0504 e. The Morgan fingerprint density at radius 3 is 2.47 bits per heavy atom. The first-order chi connectivity index (χ1) is 7.27. The fourth-order valence-corrected chi connectivity index (χ4v) is 3.01. The molecule has 0 aliphatic carbocycles. The molecule has 1 aromatic carbocycles. The lowest BCUT2D eigenvalue weighted by Crippen LogP contribution is -2.18. The molecule has 0 aromatic heterocycles. The first-order valence-corrected chi connectivity index (χ1v) is 6.66. The lowest BCUT2D eigenvalue weighted by Gasteiger charge is -2.21. The molecule has 0 unspecified atom stereocenters. The molecule has 1 aliphatic heterocycles. The normalized spacial score (nSPS) is 16.3. The van der Waals surface area contributed by atoms with E-state index >= 15 is 0 Å². The molecule has 0 saturated carbocycles. The van der Waals surface area contributed by atoms with Gasteiger partial charge in [-0.3, -0.25) is 0 Å². The average Bonchev–Trinajstić information content (AvgIpc) is 2.70. The van der Waals surface area contributed by atoms with Crippen LogP contribution < -0.4 is 4.90 Å². The van der Waals surface area contributed by atoms with E-state index in [2.05, 4.69) is 43.0 Å². The van der Waals surface area contributed by atoms with Crippen LogP contribution in [0.15, 0.2) is 29.2 Å². The van der Waals surface area contributed by atoms with Crippen LogP contribution in [-0.2, 0) is 0 Å². The molecule has 15 heavy (non-hydrogen) atoms. The number of benzene rings is 1. The van der Waals surface area contributed by atoms with Gasteiger partial charge in [0.15, 0.2) is 0 Å². The highest BCUT2D eigenvalue weighted by Gasteiger charge is 2.15. The predicted molar refractivity (Wildman–Crippen MR) is 68.9 cm³/mol. The van der Waals surface area contributed by atoms with Gasteiger partial charge in [0.25, 0.3) is 0 Å². The predicted octanol–water partition coefficient (Wildman–Crippen LogP) is 3.79. The van der Waals surface area contributed by atoms with E-state index in [-0.39, 0.29) is 0 Å². The highest BCUT2D eigenvalue weighted by Crippen LogP contribution is 2.34. The lowest BCUT2D eigenvalue weighted by molar-refractivity contribution is 0.949. The topological polar surface area (TPSA) is 3.24 Å². The van der Waals surface area contributed by atoms with E-state index < -0.39 is 0 Å². The Hall–Kier alpha value is -0.630. The Balaban J connectivity index is 2.20. The zero-order valence-corrected chi connectivity index (χ0v) is 10.4. The van der Waals surface area contributed by atoms with Crippen molar-refractivity contribution in [3.63, 3.8) is 0 Å². The van der Waals surface area contributed by atoms with Crippen molar-refractivity contribution in [2.75, 3.05) is 18.0 Å². The molecule has 2 heteroatoms. The lowest BCUT2D eigenvalue weighted by atomic mass is 10.3. The van der Waals surface area contributed by atoms with Gasteiger partial charge in [-0.15, -0.1) is 11.8 Å². The van der Waals surface area contributed by atoms with Gasteiger partial charge < -0.3 is 4.90 Å². The van der Waals surface area contributed by atoms with E-state index in [1.807, 2.05) is 11.8 Å². The summed E-state index contributed by atoms with van der Waals surface area (Å²) in [6.07, 6.45) is 2.70. The van der Waals surface area contributed by atoms with Crippen LogP contribution in [0.25, 0.3) is 0 Å². The Labute approximate surface area is 96.9 Å². The monoisotopic (exact) mass is 221 g/mol. The summed E-state index contributed by atoms with van der Waals surface area (Å²) in [4.78, 5) is 3.96. The summed E-state index contributed by atoms with van der Waals surface area (Å²) >= 11 is 1.97. The molecule has 1 heterocycles. The largest absolute Gasteiger partial charge is 0.371 e. The molecular formula is C13H19NS. The third-order valence-electron chi connectivity index (χ3n) is 2.67. The van der Waals surface area contributed by atoms with Gasteiger partial charge in [-0.05, 0) is 25.0 Å². The van der Waals surface area contributed by atoms with Gasteiger partial charge in [-0.25, -0.2) is 0 Å². The van der Waals surface area contributed by atoms with Crippen LogP contribution in [0.4, 0.5) is 5.69 Å². The van der Waals surface area contributed by atoms with E-state index in [0.29, 0.717) is 5.25 Å². The molecule has 0 spiro atoms. The molecule has 0 N–H and O–H groups in total. The summed E-state index contributed by atoms with van der Waals surface area (Å²) in [5.74, 6) is 0. The Morgan fingerprint density at radius 1 is 1.13 bits per heavy atom. The number of rotatable bonds is 3. The molecule has 0 bridgehead atoms.